The van der Waals surface area contributed by atoms with Crippen LogP contribution >= 0.6 is 0 Å². The first-order valence-corrected chi connectivity index (χ1v) is 7.14. The van der Waals surface area contributed by atoms with Gasteiger partial charge < -0.3 is 10.1 Å². The molecule has 0 aliphatic carbocycles. The number of nitrogens with zero attached hydrogens (tertiary/aromatic N) is 1. The van der Waals surface area contributed by atoms with Crippen LogP contribution in [0, 0.1) is 18.7 Å². The monoisotopic (exact) mass is 288 g/mol. The van der Waals surface area contributed by atoms with Crippen molar-refractivity contribution in [3.05, 3.63) is 53.6 Å². The third-order valence-electron chi connectivity index (χ3n) is 3.10. The number of halogens is 1. The van der Waals surface area contributed by atoms with Crippen LogP contribution in [0.3, 0.4) is 0 Å². The van der Waals surface area contributed by atoms with Gasteiger partial charge in [0.05, 0.1) is 0 Å². The molecular formula is C17H21FN2O. The molecular weight excluding hydrogens is 267 g/mol. The summed E-state index contributed by atoms with van der Waals surface area (Å²) in [6.07, 6.45) is 3.44. The van der Waals surface area contributed by atoms with Crippen LogP contribution in [0.5, 0.6) is 11.5 Å². The third kappa shape index (κ3) is 4.53. The molecule has 1 N–H and O–H groups in total. The Balaban J connectivity index is 2.10. The summed E-state index contributed by atoms with van der Waals surface area (Å²) in [4.78, 5) is 4.12. The highest BCUT2D eigenvalue weighted by molar-refractivity contribution is 5.37. The topological polar surface area (TPSA) is 34.1 Å². The van der Waals surface area contributed by atoms with E-state index >= 15 is 0 Å². The van der Waals surface area contributed by atoms with Crippen molar-refractivity contribution in [3.8, 4) is 11.5 Å². The average molecular weight is 288 g/mol. The smallest absolute Gasteiger partial charge is 0.134 e. The zero-order valence-corrected chi connectivity index (χ0v) is 12.7. The number of ether oxygens (including phenoxy) is 1. The van der Waals surface area contributed by atoms with E-state index in [9.17, 15) is 4.39 Å². The van der Waals surface area contributed by atoms with E-state index in [0.717, 1.165) is 12.1 Å². The Morgan fingerprint density at radius 2 is 2.10 bits per heavy atom. The van der Waals surface area contributed by atoms with Crippen molar-refractivity contribution < 1.29 is 9.13 Å². The Kier molecular flexibility index (Phi) is 5.28. The number of hydrogen-bond donors (Lipinski definition) is 1. The highest BCUT2D eigenvalue weighted by Gasteiger charge is 2.07. The fourth-order valence-electron chi connectivity index (χ4n) is 1.91. The highest BCUT2D eigenvalue weighted by Crippen LogP contribution is 2.26. The summed E-state index contributed by atoms with van der Waals surface area (Å²) in [6.45, 7) is 7.64. The van der Waals surface area contributed by atoms with Crippen molar-refractivity contribution in [2.75, 3.05) is 6.54 Å². The van der Waals surface area contributed by atoms with E-state index < -0.39 is 0 Å². The molecule has 4 heteroatoms. The molecule has 0 bridgehead atoms. The van der Waals surface area contributed by atoms with Gasteiger partial charge in [0.15, 0.2) is 0 Å². The summed E-state index contributed by atoms with van der Waals surface area (Å²) in [5.41, 5.74) is 1.56. The van der Waals surface area contributed by atoms with Gasteiger partial charge in [-0.25, -0.2) is 4.39 Å². The maximum atomic E-state index is 13.6. The Labute approximate surface area is 125 Å². The molecule has 0 aliphatic heterocycles. The van der Waals surface area contributed by atoms with Gasteiger partial charge in [-0.3, -0.25) is 4.98 Å². The molecule has 21 heavy (non-hydrogen) atoms. The number of benzene rings is 1. The van der Waals surface area contributed by atoms with Gasteiger partial charge in [-0.2, -0.15) is 0 Å². The molecule has 0 spiro atoms. The first-order valence-electron chi connectivity index (χ1n) is 7.14. The Morgan fingerprint density at radius 1 is 1.29 bits per heavy atom. The second-order valence-corrected chi connectivity index (χ2v) is 5.52. The van der Waals surface area contributed by atoms with Gasteiger partial charge in [-0.1, -0.05) is 19.9 Å². The Morgan fingerprint density at radius 3 is 2.81 bits per heavy atom. The molecule has 3 nitrogen and oxygen atoms in total. The van der Waals surface area contributed by atoms with Crippen molar-refractivity contribution in [1.82, 2.24) is 10.3 Å². The maximum Gasteiger partial charge on any atom is 0.134 e. The van der Waals surface area contributed by atoms with E-state index in [0.29, 0.717) is 29.5 Å². The summed E-state index contributed by atoms with van der Waals surface area (Å²) in [6, 6.07) is 6.68. The zero-order chi connectivity index (χ0) is 15.2. The van der Waals surface area contributed by atoms with Crippen molar-refractivity contribution in [2.45, 2.75) is 27.3 Å². The van der Waals surface area contributed by atoms with E-state index in [1.54, 1.807) is 37.5 Å². The standard InChI is InChI=1S/C17H21FN2O/c1-12(2)9-20-11-14-10-19-7-6-17(14)21-15-5-4-13(3)16(18)8-15/h4-8,10,12,20H,9,11H2,1-3H3. The van der Waals surface area contributed by atoms with Gasteiger partial charge in [-0.05, 0) is 37.1 Å². The molecule has 0 unspecified atom stereocenters. The SMILES string of the molecule is Cc1ccc(Oc2ccncc2CNCC(C)C)cc1F. The van der Waals surface area contributed by atoms with Crippen molar-refractivity contribution in [3.63, 3.8) is 0 Å². The molecule has 0 radical (unpaired) electrons. The van der Waals surface area contributed by atoms with Gasteiger partial charge in [0.1, 0.15) is 17.3 Å². The van der Waals surface area contributed by atoms with Crippen LogP contribution < -0.4 is 10.1 Å². The van der Waals surface area contributed by atoms with Gasteiger partial charge in [0.25, 0.3) is 0 Å². The van der Waals surface area contributed by atoms with E-state index in [-0.39, 0.29) is 5.82 Å². The Hall–Kier alpha value is -1.94. The molecule has 112 valence electrons. The minimum atomic E-state index is -0.263. The van der Waals surface area contributed by atoms with Gasteiger partial charge >= 0.3 is 0 Å². The number of hydrogen-bond acceptors (Lipinski definition) is 3. The van der Waals surface area contributed by atoms with Crippen LogP contribution in [-0.2, 0) is 6.54 Å². The van der Waals surface area contributed by atoms with Crippen molar-refractivity contribution in [2.24, 2.45) is 5.92 Å². The number of nitrogens with one attached hydrogen (secondary N) is 1. The summed E-state index contributed by atoms with van der Waals surface area (Å²) >= 11 is 0. The van der Waals surface area contributed by atoms with E-state index in [1.165, 1.54) is 6.07 Å². The number of aromatic nitrogens is 1. The largest absolute Gasteiger partial charge is 0.457 e. The van der Waals surface area contributed by atoms with Crippen LogP contribution in [0.2, 0.25) is 0 Å². The van der Waals surface area contributed by atoms with Crippen LogP contribution in [0.15, 0.2) is 36.7 Å². The molecule has 2 aromatic rings. The second kappa shape index (κ2) is 7.18. The lowest BCUT2D eigenvalue weighted by molar-refractivity contribution is 0.463. The summed E-state index contributed by atoms with van der Waals surface area (Å²) in [5.74, 6) is 1.51. The minimum Gasteiger partial charge on any atom is -0.457 e. The Bertz CT molecular complexity index is 599. The maximum absolute atomic E-state index is 13.6. The zero-order valence-electron chi connectivity index (χ0n) is 12.7. The lowest BCUT2D eigenvalue weighted by Crippen LogP contribution is -2.19. The van der Waals surface area contributed by atoms with E-state index in [2.05, 4.69) is 24.1 Å². The highest BCUT2D eigenvalue weighted by atomic mass is 19.1. The second-order valence-electron chi connectivity index (χ2n) is 5.52. The molecule has 0 atom stereocenters. The quantitative estimate of drug-likeness (QED) is 0.870. The number of rotatable bonds is 6. The predicted molar refractivity (Wildman–Crippen MR) is 82.0 cm³/mol. The van der Waals surface area contributed by atoms with Crippen LogP contribution in [-0.4, -0.2) is 11.5 Å². The molecule has 0 fully saturated rings. The molecule has 2 rings (SSSR count). The molecule has 1 aromatic heterocycles. The number of pyridine rings is 1. The average Bonchev–Trinajstić information content (AvgIpc) is 2.44. The van der Waals surface area contributed by atoms with E-state index in [1.807, 2.05) is 0 Å². The normalized spacial score (nSPS) is 10.9. The van der Waals surface area contributed by atoms with Crippen molar-refractivity contribution >= 4 is 0 Å². The summed E-state index contributed by atoms with van der Waals surface area (Å²) in [7, 11) is 0. The van der Waals surface area contributed by atoms with Crippen LogP contribution in [0.4, 0.5) is 4.39 Å². The van der Waals surface area contributed by atoms with Gasteiger partial charge in [-0.15, -0.1) is 0 Å². The fraction of sp³-hybridized carbons (Fsp3) is 0.353. The first-order chi connectivity index (χ1) is 10.1. The van der Waals surface area contributed by atoms with Crippen LogP contribution in [0.25, 0.3) is 0 Å². The predicted octanol–water partition coefficient (Wildman–Crippen LogP) is 4.07. The lowest BCUT2D eigenvalue weighted by atomic mass is 10.2. The van der Waals surface area contributed by atoms with Gasteiger partial charge in [0, 0.05) is 30.6 Å². The third-order valence-corrected chi connectivity index (χ3v) is 3.10. The molecule has 0 saturated heterocycles. The first kappa shape index (κ1) is 15.4. The van der Waals surface area contributed by atoms with E-state index in [4.69, 9.17) is 4.74 Å². The number of aryl methyl sites for hydroxylation is 1. The lowest BCUT2D eigenvalue weighted by Gasteiger charge is -2.12. The summed E-state index contributed by atoms with van der Waals surface area (Å²) < 4.78 is 19.4. The molecule has 0 aliphatic rings. The fourth-order valence-corrected chi connectivity index (χ4v) is 1.91. The minimum absolute atomic E-state index is 0.263. The van der Waals surface area contributed by atoms with Crippen molar-refractivity contribution in [1.29, 1.82) is 0 Å². The molecule has 1 aromatic carbocycles. The van der Waals surface area contributed by atoms with Gasteiger partial charge in [0.2, 0.25) is 0 Å². The summed E-state index contributed by atoms with van der Waals surface area (Å²) in [5, 5.41) is 3.35. The molecule has 1 heterocycles. The molecule has 0 amide bonds. The molecule has 0 saturated carbocycles. The van der Waals surface area contributed by atoms with Crippen LogP contribution in [0.1, 0.15) is 25.0 Å².